The van der Waals surface area contributed by atoms with E-state index in [2.05, 4.69) is 5.32 Å². The molecule has 1 aliphatic rings. The Kier molecular flexibility index (Phi) is 3.73. The van der Waals surface area contributed by atoms with Crippen LogP contribution in [0.4, 0.5) is 10.7 Å². The zero-order valence-corrected chi connectivity index (χ0v) is 11.6. The van der Waals surface area contributed by atoms with Gasteiger partial charge in [0.2, 0.25) is 11.8 Å². The van der Waals surface area contributed by atoms with E-state index >= 15 is 0 Å². The van der Waals surface area contributed by atoms with E-state index in [1.807, 2.05) is 0 Å². The molecule has 0 bridgehead atoms. The lowest BCUT2D eigenvalue weighted by atomic mass is 10.2. The molecule has 1 fully saturated rings. The number of aliphatic hydroxyl groups excluding tert-OH is 1. The molecule has 20 heavy (non-hydrogen) atoms. The van der Waals surface area contributed by atoms with Gasteiger partial charge in [0, 0.05) is 10.9 Å². The highest BCUT2D eigenvalue weighted by atomic mass is 32.1. The van der Waals surface area contributed by atoms with Crippen LogP contribution in [0.1, 0.15) is 24.8 Å². The van der Waals surface area contributed by atoms with Crippen molar-refractivity contribution in [3.63, 3.8) is 0 Å². The van der Waals surface area contributed by atoms with Crippen LogP contribution in [0.5, 0.6) is 0 Å². The molecule has 0 aromatic carbocycles. The van der Waals surface area contributed by atoms with Crippen LogP contribution < -0.4 is 10.2 Å². The monoisotopic (exact) mass is 299 g/mol. The van der Waals surface area contributed by atoms with Crippen molar-refractivity contribution < 1.29 is 19.6 Å². The van der Waals surface area contributed by atoms with Crippen molar-refractivity contribution in [1.82, 2.24) is 5.32 Å². The number of nitrogens with zero attached hydrogens (tertiary/aromatic N) is 2. The number of carbonyl (C=O) groups excluding carboxylic acids is 2. The molecule has 2 heterocycles. The highest BCUT2D eigenvalue weighted by Gasteiger charge is 2.36. The number of anilines is 1. The van der Waals surface area contributed by atoms with E-state index in [1.54, 1.807) is 6.92 Å². The molecule has 0 saturated carbocycles. The average Bonchev–Trinajstić information content (AvgIpc) is 2.78. The predicted octanol–water partition coefficient (Wildman–Crippen LogP) is 0.561. The van der Waals surface area contributed by atoms with E-state index in [9.17, 15) is 24.8 Å². The maximum Gasteiger partial charge on any atom is 0.304 e. The lowest BCUT2D eigenvalue weighted by molar-refractivity contribution is -0.383. The molecule has 2 N–H and O–H groups in total. The van der Waals surface area contributed by atoms with E-state index in [1.165, 1.54) is 17.9 Å². The Labute approximate surface area is 118 Å². The molecule has 2 amide bonds. The molecule has 0 aliphatic carbocycles. The van der Waals surface area contributed by atoms with Gasteiger partial charge in [-0.3, -0.25) is 25.0 Å². The van der Waals surface area contributed by atoms with E-state index in [4.69, 9.17) is 0 Å². The molecular weight excluding hydrogens is 286 g/mol. The summed E-state index contributed by atoms with van der Waals surface area (Å²) in [4.78, 5) is 35.4. The second kappa shape index (κ2) is 5.17. The first kappa shape index (κ1) is 14.4. The van der Waals surface area contributed by atoms with Crippen molar-refractivity contribution >= 4 is 33.8 Å². The number of nitrogens with one attached hydrogen (secondary N) is 1. The fourth-order valence-electron chi connectivity index (χ4n) is 1.89. The van der Waals surface area contributed by atoms with Crippen LogP contribution in [0, 0.1) is 10.1 Å². The molecule has 2 atom stereocenters. The summed E-state index contributed by atoms with van der Waals surface area (Å²) in [6, 6.07) is 0.584. The van der Waals surface area contributed by atoms with Crippen LogP contribution in [-0.2, 0) is 9.59 Å². The zero-order chi connectivity index (χ0) is 15.0. The highest BCUT2D eigenvalue weighted by Crippen LogP contribution is 2.41. The number of imide groups is 1. The van der Waals surface area contributed by atoms with Crippen LogP contribution in [0.15, 0.2) is 6.07 Å². The normalized spacial score (nSPS) is 20.8. The molecule has 0 spiro atoms. The third-order valence-corrected chi connectivity index (χ3v) is 4.34. The minimum atomic E-state index is -0.850. The summed E-state index contributed by atoms with van der Waals surface area (Å²) in [5.74, 6) is -1.00. The van der Waals surface area contributed by atoms with E-state index < -0.39 is 28.9 Å². The summed E-state index contributed by atoms with van der Waals surface area (Å²) in [6.45, 7) is 2.93. The van der Waals surface area contributed by atoms with Gasteiger partial charge in [0.1, 0.15) is 6.04 Å². The van der Waals surface area contributed by atoms with Crippen LogP contribution in [0.3, 0.4) is 0 Å². The molecule has 9 heteroatoms. The minimum Gasteiger partial charge on any atom is -0.388 e. The van der Waals surface area contributed by atoms with Gasteiger partial charge < -0.3 is 10.0 Å². The summed E-state index contributed by atoms with van der Waals surface area (Å²) in [5.41, 5.74) is -0.208. The summed E-state index contributed by atoms with van der Waals surface area (Å²) < 4.78 is 0. The maximum atomic E-state index is 11.6. The van der Waals surface area contributed by atoms with Crippen molar-refractivity contribution in [2.24, 2.45) is 0 Å². The standard InChI is InChI=1S/C11H13N3O5S/c1-5-10(17)12-9(16)4-13(5)11-7(14(18)19)3-8(20-11)6(2)15/h3,5-6,15H,4H2,1-2H3,(H,12,16,17). The molecule has 8 nitrogen and oxygen atoms in total. The van der Waals surface area contributed by atoms with Gasteiger partial charge in [0.05, 0.1) is 17.6 Å². The number of aliphatic hydroxyl groups is 1. The lowest BCUT2D eigenvalue weighted by Crippen LogP contribution is -2.57. The Morgan fingerprint density at radius 2 is 2.25 bits per heavy atom. The van der Waals surface area contributed by atoms with Crippen LogP contribution >= 0.6 is 11.3 Å². The van der Waals surface area contributed by atoms with Crippen molar-refractivity contribution in [2.75, 3.05) is 11.4 Å². The fraction of sp³-hybridized carbons (Fsp3) is 0.455. The van der Waals surface area contributed by atoms with Crippen molar-refractivity contribution in [1.29, 1.82) is 0 Å². The number of thiophene rings is 1. The molecule has 108 valence electrons. The molecular formula is C11H13N3O5S. The fourth-order valence-corrected chi connectivity index (χ4v) is 3.04. The maximum absolute atomic E-state index is 11.6. The van der Waals surface area contributed by atoms with Crippen LogP contribution in [-0.4, -0.2) is 34.4 Å². The number of amides is 2. The van der Waals surface area contributed by atoms with E-state index in [0.717, 1.165) is 11.3 Å². The van der Waals surface area contributed by atoms with E-state index in [0.29, 0.717) is 4.88 Å². The first-order valence-electron chi connectivity index (χ1n) is 5.87. The molecule has 1 saturated heterocycles. The van der Waals surface area contributed by atoms with Gasteiger partial charge in [-0.15, -0.1) is 11.3 Å². The Hall–Kier alpha value is -2.00. The first-order chi connectivity index (χ1) is 9.31. The van der Waals surface area contributed by atoms with Gasteiger partial charge in [-0.1, -0.05) is 0 Å². The average molecular weight is 299 g/mol. The largest absolute Gasteiger partial charge is 0.388 e. The summed E-state index contributed by atoms with van der Waals surface area (Å²) in [5, 5.41) is 23.0. The van der Waals surface area contributed by atoms with Crippen LogP contribution in [0.2, 0.25) is 0 Å². The molecule has 1 aromatic heterocycles. The Balaban J connectivity index is 2.47. The Morgan fingerprint density at radius 1 is 1.60 bits per heavy atom. The van der Waals surface area contributed by atoms with Gasteiger partial charge in [-0.25, -0.2) is 0 Å². The Morgan fingerprint density at radius 3 is 2.80 bits per heavy atom. The summed E-state index contributed by atoms with van der Waals surface area (Å²) >= 11 is 1.01. The quantitative estimate of drug-likeness (QED) is 0.479. The number of hydrogen-bond donors (Lipinski definition) is 2. The van der Waals surface area contributed by atoms with E-state index in [-0.39, 0.29) is 17.2 Å². The SMILES string of the molecule is CC(O)c1cc([N+](=O)[O-])c(N2CC(=O)NC(=O)C2C)s1. The van der Waals surface area contributed by atoms with Gasteiger partial charge in [0.15, 0.2) is 5.00 Å². The smallest absolute Gasteiger partial charge is 0.304 e. The number of hydrogen-bond acceptors (Lipinski definition) is 7. The van der Waals surface area contributed by atoms with Gasteiger partial charge >= 0.3 is 5.69 Å². The third-order valence-electron chi connectivity index (χ3n) is 3.01. The molecule has 2 rings (SSSR count). The summed E-state index contributed by atoms with van der Waals surface area (Å²) in [6.07, 6.45) is -0.850. The first-order valence-corrected chi connectivity index (χ1v) is 6.69. The third kappa shape index (κ3) is 2.49. The molecule has 0 radical (unpaired) electrons. The molecule has 1 aliphatic heterocycles. The molecule has 2 unspecified atom stereocenters. The zero-order valence-electron chi connectivity index (χ0n) is 10.8. The van der Waals surface area contributed by atoms with Crippen molar-refractivity contribution in [2.45, 2.75) is 26.0 Å². The highest BCUT2D eigenvalue weighted by molar-refractivity contribution is 7.16. The Bertz CT molecular complexity index is 583. The van der Waals surface area contributed by atoms with Crippen molar-refractivity contribution in [3.8, 4) is 0 Å². The summed E-state index contributed by atoms with van der Waals surface area (Å²) in [7, 11) is 0. The minimum absolute atomic E-state index is 0.131. The lowest BCUT2D eigenvalue weighted by Gasteiger charge is -2.31. The topological polar surface area (TPSA) is 113 Å². The van der Waals surface area contributed by atoms with Crippen LogP contribution in [0.25, 0.3) is 0 Å². The number of carbonyl (C=O) groups is 2. The number of rotatable bonds is 3. The van der Waals surface area contributed by atoms with Gasteiger partial charge in [-0.2, -0.15) is 0 Å². The number of nitro groups is 1. The predicted molar refractivity (Wildman–Crippen MR) is 71.6 cm³/mol. The number of piperazine rings is 1. The second-order valence-electron chi connectivity index (χ2n) is 4.49. The second-order valence-corrected chi connectivity index (χ2v) is 5.55. The van der Waals surface area contributed by atoms with Gasteiger partial charge in [-0.05, 0) is 13.8 Å². The van der Waals surface area contributed by atoms with Gasteiger partial charge in [0.25, 0.3) is 0 Å². The molecule has 1 aromatic rings. The van der Waals surface area contributed by atoms with Crippen molar-refractivity contribution in [3.05, 3.63) is 21.1 Å².